The third-order valence-corrected chi connectivity index (χ3v) is 18.0. The molecule has 0 bridgehead atoms. The number of hydrogen-bond donors (Lipinski definition) is 1. The summed E-state index contributed by atoms with van der Waals surface area (Å²) in [6.45, 7) is 4.51. The van der Waals surface area contributed by atoms with E-state index in [0.29, 0.717) is 23.9 Å². The summed E-state index contributed by atoms with van der Waals surface area (Å²) in [4.78, 5) is 35.8. The minimum absolute atomic E-state index is 0.0353. The van der Waals surface area contributed by atoms with Crippen LogP contribution in [0.3, 0.4) is 0 Å². The quantitative estimate of drug-likeness (QED) is 0.0211. The molecule has 0 aliphatic rings. The van der Waals surface area contributed by atoms with Gasteiger partial charge in [0.25, 0.3) is 0 Å². The highest BCUT2D eigenvalue weighted by atomic mass is 31.2. The maximum Gasteiger partial charge on any atom is 0.472 e. The molecule has 1 N–H and O–H groups in total. The van der Waals surface area contributed by atoms with E-state index >= 15 is 0 Å². The number of nitrogens with zero attached hydrogens (tertiary/aromatic N) is 1. The van der Waals surface area contributed by atoms with Crippen LogP contribution in [0.5, 0.6) is 0 Å². The van der Waals surface area contributed by atoms with Crippen LogP contribution in [0.2, 0.25) is 0 Å². The molecular weight excluding hydrogens is 1050 g/mol. The number of ether oxygens (including phenoxy) is 2. The largest absolute Gasteiger partial charge is 0.472 e. The molecule has 9 nitrogen and oxygen atoms in total. The summed E-state index contributed by atoms with van der Waals surface area (Å²) in [5.74, 6) is -0.776. The lowest BCUT2D eigenvalue weighted by Gasteiger charge is -2.24. The third kappa shape index (κ3) is 69.7. The van der Waals surface area contributed by atoms with Crippen molar-refractivity contribution in [1.82, 2.24) is 0 Å². The predicted molar refractivity (Wildman–Crippen MR) is 358 cm³/mol. The molecule has 2 unspecified atom stereocenters. The Balaban J connectivity index is 3.88. The van der Waals surface area contributed by atoms with Crippen molar-refractivity contribution in [3.63, 3.8) is 0 Å². The van der Waals surface area contributed by atoms with Crippen LogP contribution >= 0.6 is 7.82 Å². The van der Waals surface area contributed by atoms with Crippen LogP contribution in [0, 0.1) is 0 Å². The fraction of sp³-hybridized carbons (Fsp3) is 0.945. The molecule has 83 heavy (non-hydrogen) atoms. The normalized spacial score (nSPS) is 13.1. The summed E-state index contributed by atoms with van der Waals surface area (Å²) in [7, 11) is 1.50. The van der Waals surface area contributed by atoms with Gasteiger partial charge in [0.05, 0.1) is 27.7 Å². The van der Waals surface area contributed by atoms with Crippen molar-refractivity contribution in [2.45, 2.75) is 399 Å². The summed E-state index contributed by atoms with van der Waals surface area (Å²) in [6.07, 6.45) is 80.7. The van der Waals surface area contributed by atoms with Crippen LogP contribution in [0.4, 0.5) is 0 Å². The fourth-order valence-electron chi connectivity index (χ4n) is 11.4. The molecule has 0 radical (unpaired) electrons. The molecule has 0 aliphatic carbocycles. The monoisotopic (exact) mass is 1200 g/mol. The first-order chi connectivity index (χ1) is 40.5. The second kappa shape index (κ2) is 65.2. The molecule has 0 saturated heterocycles. The molecule has 0 saturated carbocycles. The standard InChI is InChI=1S/C73H144NO8P/c1-6-8-10-12-14-16-18-20-22-24-26-28-29-30-31-32-33-34-35-36-37-38-39-40-41-42-43-44-46-47-49-51-53-55-57-59-61-63-65-72(75)79-69-71(70-81-83(77,78)80-68-67-74(3,4)5)82-73(76)66-64-62-60-58-56-54-52-50-48-45-27-25-23-21-19-17-15-13-11-9-7-2/h25,27,71H,6-24,26,28-70H2,1-5H3/p+1/b27-25-. The lowest BCUT2D eigenvalue weighted by atomic mass is 10.0. The molecular formula is C73H145NO8P+. The second-order valence-corrected chi connectivity index (χ2v) is 28.1. The summed E-state index contributed by atoms with van der Waals surface area (Å²) >= 11 is 0. The zero-order valence-electron chi connectivity index (χ0n) is 56.5. The van der Waals surface area contributed by atoms with E-state index in [1.807, 2.05) is 21.1 Å². The topological polar surface area (TPSA) is 108 Å². The van der Waals surface area contributed by atoms with E-state index in [9.17, 15) is 19.0 Å². The number of unbranched alkanes of at least 4 members (excludes halogenated alkanes) is 54. The minimum atomic E-state index is -4.39. The van der Waals surface area contributed by atoms with E-state index in [1.54, 1.807) is 0 Å². The molecule has 0 aromatic carbocycles. The number of carbonyl (C=O) groups is 2. The summed E-state index contributed by atoms with van der Waals surface area (Å²) in [5.41, 5.74) is 0. The number of phosphoric acid groups is 1. The van der Waals surface area contributed by atoms with Crippen molar-refractivity contribution in [3.05, 3.63) is 12.2 Å². The van der Waals surface area contributed by atoms with E-state index in [-0.39, 0.29) is 25.6 Å². The number of likely N-dealkylation sites (N-methyl/N-ethyl adjacent to an activating group) is 1. The van der Waals surface area contributed by atoms with Crippen LogP contribution in [0.1, 0.15) is 393 Å². The Kier molecular flexibility index (Phi) is 64.2. The molecule has 0 aliphatic heterocycles. The Hall–Kier alpha value is -1.25. The molecule has 0 amide bonds. The highest BCUT2D eigenvalue weighted by Gasteiger charge is 2.27. The summed E-state index contributed by atoms with van der Waals surface area (Å²) in [5, 5.41) is 0. The van der Waals surface area contributed by atoms with E-state index in [4.69, 9.17) is 18.5 Å². The van der Waals surface area contributed by atoms with Crippen molar-refractivity contribution in [1.29, 1.82) is 0 Å². The van der Waals surface area contributed by atoms with Crippen LogP contribution in [0.15, 0.2) is 12.2 Å². The number of rotatable bonds is 70. The predicted octanol–water partition coefficient (Wildman–Crippen LogP) is 23.9. The Labute approximate surface area is 517 Å². The SMILES string of the molecule is CCCCCCCCCC/C=C\CCCCCCCCCCCC(=O)OC(COC(=O)CCCCCCCCCCCCCCCCCCCCCCCCCCCCCCCCCCCCCCCC)COP(=O)(O)OCC[N+](C)(C)C. The van der Waals surface area contributed by atoms with Crippen LogP contribution in [-0.4, -0.2) is 74.9 Å². The molecule has 0 aromatic heterocycles. The summed E-state index contributed by atoms with van der Waals surface area (Å²) < 4.78 is 34.7. The van der Waals surface area contributed by atoms with Gasteiger partial charge >= 0.3 is 19.8 Å². The van der Waals surface area contributed by atoms with Gasteiger partial charge in [0.2, 0.25) is 0 Å². The Morgan fingerprint density at radius 3 is 0.892 bits per heavy atom. The highest BCUT2D eigenvalue weighted by molar-refractivity contribution is 7.47. The Morgan fingerprint density at radius 2 is 0.614 bits per heavy atom. The van der Waals surface area contributed by atoms with Crippen molar-refractivity contribution in [2.24, 2.45) is 0 Å². The molecule has 494 valence electrons. The zero-order chi connectivity index (χ0) is 60.5. The fourth-order valence-corrected chi connectivity index (χ4v) is 12.1. The lowest BCUT2D eigenvalue weighted by molar-refractivity contribution is -0.870. The van der Waals surface area contributed by atoms with Crippen molar-refractivity contribution in [2.75, 3.05) is 47.5 Å². The number of phosphoric ester groups is 1. The van der Waals surface area contributed by atoms with Gasteiger partial charge in [-0.15, -0.1) is 0 Å². The smallest absolute Gasteiger partial charge is 0.462 e. The van der Waals surface area contributed by atoms with Gasteiger partial charge < -0.3 is 18.9 Å². The Bertz CT molecular complexity index is 1400. The van der Waals surface area contributed by atoms with Gasteiger partial charge in [0.1, 0.15) is 19.8 Å². The zero-order valence-corrected chi connectivity index (χ0v) is 57.4. The van der Waals surface area contributed by atoms with Gasteiger partial charge in [-0.3, -0.25) is 18.6 Å². The third-order valence-electron chi connectivity index (χ3n) is 17.0. The number of allylic oxidation sites excluding steroid dienone is 2. The Morgan fingerprint density at radius 1 is 0.361 bits per heavy atom. The average molecular weight is 1200 g/mol. The number of quaternary nitrogens is 1. The molecule has 0 rings (SSSR count). The molecule has 2 atom stereocenters. The lowest BCUT2D eigenvalue weighted by Crippen LogP contribution is -2.37. The molecule has 0 aromatic rings. The first kappa shape index (κ1) is 81.8. The highest BCUT2D eigenvalue weighted by Crippen LogP contribution is 2.43. The molecule has 0 fully saturated rings. The molecule has 10 heteroatoms. The van der Waals surface area contributed by atoms with Crippen molar-refractivity contribution < 1.29 is 42.1 Å². The van der Waals surface area contributed by atoms with Gasteiger partial charge in [0, 0.05) is 12.8 Å². The number of hydrogen-bond acceptors (Lipinski definition) is 7. The van der Waals surface area contributed by atoms with E-state index in [1.165, 1.54) is 327 Å². The molecule has 0 heterocycles. The van der Waals surface area contributed by atoms with Crippen LogP contribution in [0.25, 0.3) is 0 Å². The number of esters is 2. The average Bonchev–Trinajstić information content (AvgIpc) is 3.49. The van der Waals surface area contributed by atoms with Crippen LogP contribution < -0.4 is 0 Å². The van der Waals surface area contributed by atoms with Crippen molar-refractivity contribution in [3.8, 4) is 0 Å². The first-order valence-electron chi connectivity index (χ1n) is 36.9. The van der Waals surface area contributed by atoms with Gasteiger partial charge in [-0.05, 0) is 38.5 Å². The van der Waals surface area contributed by atoms with Gasteiger partial charge in [-0.2, -0.15) is 0 Å². The van der Waals surface area contributed by atoms with Crippen LogP contribution in [-0.2, 0) is 32.7 Å². The first-order valence-corrected chi connectivity index (χ1v) is 38.4. The summed E-state index contributed by atoms with van der Waals surface area (Å²) in [6, 6.07) is 0. The van der Waals surface area contributed by atoms with Gasteiger partial charge in [-0.1, -0.05) is 353 Å². The van der Waals surface area contributed by atoms with E-state index < -0.39 is 26.5 Å². The molecule has 0 spiro atoms. The second-order valence-electron chi connectivity index (χ2n) is 26.7. The number of carbonyl (C=O) groups excluding carboxylic acids is 2. The van der Waals surface area contributed by atoms with Gasteiger partial charge in [-0.25, -0.2) is 4.57 Å². The van der Waals surface area contributed by atoms with E-state index in [2.05, 4.69) is 26.0 Å². The minimum Gasteiger partial charge on any atom is -0.462 e. The maximum absolute atomic E-state index is 12.9. The van der Waals surface area contributed by atoms with Crippen molar-refractivity contribution >= 4 is 19.8 Å². The van der Waals surface area contributed by atoms with E-state index in [0.717, 1.165) is 32.1 Å². The van der Waals surface area contributed by atoms with Gasteiger partial charge in [0.15, 0.2) is 6.10 Å². The maximum atomic E-state index is 12.9.